The number of fused-ring (bicyclic) bond motifs is 1. The summed E-state index contributed by atoms with van der Waals surface area (Å²) in [6.07, 6.45) is 1.76. The summed E-state index contributed by atoms with van der Waals surface area (Å²) in [6, 6.07) is 8.02. The van der Waals surface area contributed by atoms with Gasteiger partial charge in [0.2, 0.25) is 0 Å². The first-order valence-electron chi connectivity index (χ1n) is 3.80. The van der Waals surface area contributed by atoms with Crippen LogP contribution < -0.4 is 5.32 Å². The van der Waals surface area contributed by atoms with E-state index in [1.54, 1.807) is 6.20 Å². The number of nitrogens with one attached hydrogen (secondary N) is 1. The highest BCUT2D eigenvalue weighted by Crippen LogP contribution is 2.17. The highest BCUT2D eigenvalue weighted by molar-refractivity contribution is 5.90. The number of aromatic nitrogens is 2. The van der Waals surface area contributed by atoms with Crippen LogP contribution in [0.1, 0.15) is 0 Å². The van der Waals surface area contributed by atoms with Gasteiger partial charge in [-0.2, -0.15) is 5.10 Å². The molecule has 0 saturated carbocycles. The average Bonchev–Trinajstić information content (AvgIpc) is 2.17. The summed E-state index contributed by atoms with van der Waals surface area (Å²) < 4.78 is 0. The van der Waals surface area contributed by atoms with Gasteiger partial charge in [-0.15, -0.1) is 17.5 Å². The van der Waals surface area contributed by atoms with E-state index in [1.165, 1.54) is 0 Å². The zero-order valence-corrected chi connectivity index (χ0v) is 8.01. The Bertz CT molecular complexity index is 397. The van der Waals surface area contributed by atoms with Gasteiger partial charge in [-0.1, -0.05) is 24.3 Å². The molecule has 0 saturated heterocycles. The van der Waals surface area contributed by atoms with Crippen molar-refractivity contribution in [1.29, 1.82) is 0 Å². The average molecular weight is 196 g/mol. The largest absolute Gasteiger partial charge is 0.371 e. The molecule has 0 atom stereocenters. The van der Waals surface area contributed by atoms with Crippen LogP contribution >= 0.6 is 12.4 Å². The number of hydrogen-bond acceptors (Lipinski definition) is 3. The standard InChI is InChI=1S/C9H9N3.ClH/c1-10-9-8-5-3-2-4-7(8)6-11-12-9;/h2-6H,1H3,(H,10,12);1H. The topological polar surface area (TPSA) is 37.8 Å². The molecule has 0 unspecified atom stereocenters. The lowest BCUT2D eigenvalue weighted by atomic mass is 10.2. The van der Waals surface area contributed by atoms with Crippen molar-refractivity contribution in [3.8, 4) is 0 Å². The first kappa shape index (κ1) is 9.74. The molecule has 1 aromatic heterocycles. The van der Waals surface area contributed by atoms with Crippen LogP contribution in [-0.4, -0.2) is 17.2 Å². The van der Waals surface area contributed by atoms with E-state index in [0.717, 1.165) is 16.6 Å². The molecule has 1 N–H and O–H groups in total. The van der Waals surface area contributed by atoms with E-state index in [0.29, 0.717) is 0 Å². The molecular formula is C9H10ClN3. The van der Waals surface area contributed by atoms with Crippen LogP contribution in [0.15, 0.2) is 30.5 Å². The van der Waals surface area contributed by atoms with Crippen molar-refractivity contribution in [3.05, 3.63) is 30.5 Å². The highest BCUT2D eigenvalue weighted by Gasteiger charge is 1.98. The monoisotopic (exact) mass is 195 g/mol. The first-order chi connectivity index (χ1) is 5.92. The molecule has 1 heterocycles. The maximum atomic E-state index is 3.96. The van der Waals surface area contributed by atoms with Gasteiger partial charge in [-0.3, -0.25) is 0 Å². The normalized spacial score (nSPS) is 9.31. The zero-order valence-electron chi connectivity index (χ0n) is 7.19. The maximum Gasteiger partial charge on any atom is 0.156 e. The van der Waals surface area contributed by atoms with Crippen LogP contribution in [0.4, 0.5) is 5.82 Å². The van der Waals surface area contributed by atoms with Crippen LogP contribution in [-0.2, 0) is 0 Å². The van der Waals surface area contributed by atoms with E-state index in [1.807, 2.05) is 31.3 Å². The number of rotatable bonds is 1. The van der Waals surface area contributed by atoms with E-state index >= 15 is 0 Å². The third-order valence-corrected chi connectivity index (χ3v) is 1.81. The number of halogens is 1. The summed E-state index contributed by atoms with van der Waals surface area (Å²) in [5, 5.41) is 13.0. The van der Waals surface area contributed by atoms with Crippen LogP contribution in [0.3, 0.4) is 0 Å². The second-order valence-corrected chi connectivity index (χ2v) is 2.53. The second kappa shape index (κ2) is 4.05. The Morgan fingerprint density at radius 3 is 2.77 bits per heavy atom. The fourth-order valence-electron chi connectivity index (χ4n) is 1.21. The van der Waals surface area contributed by atoms with Gasteiger partial charge in [0.25, 0.3) is 0 Å². The molecule has 2 rings (SSSR count). The lowest BCUT2D eigenvalue weighted by molar-refractivity contribution is 1.05. The molecule has 0 amide bonds. The molecule has 0 aliphatic heterocycles. The Hall–Kier alpha value is -1.35. The van der Waals surface area contributed by atoms with Crippen molar-refractivity contribution >= 4 is 29.0 Å². The van der Waals surface area contributed by atoms with Crippen molar-refractivity contribution in [2.75, 3.05) is 12.4 Å². The Morgan fingerprint density at radius 2 is 2.00 bits per heavy atom. The molecule has 0 radical (unpaired) electrons. The Morgan fingerprint density at radius 1 is 1.23 bits per heavy atom. The Labute approximate surface area is 82.6 Å². The van der Waals surface area contributed by atoms with Crippen LogP contribution in [0.5, 0.6) is 0 Å². The van der Waals surface area contributed by atoms with Gasteiger partial charge in [-0.25, -0.2) is 0 Å². The molecule has 1 aromatic carbocycles. The third kappa shape index (κ3) is 1.70. The summed E-state index contributed by atoms with van der Waals surface area (Å²) in [4.78, 5) is 0. The van der Waals surface area contributed by atoms with Crippen molar-refractivity contribution in [2.45, 2.75) is 0 Å². The smallest absolute Gasteiger partial charge is 0.156 e. The summed E-state index contributed by atoms with van der Waals surface area (Å²) in [5.41, 5.74) is 0. The number of benzene rings is 1. The quantitative estimate of drug-likeness (QED) is 0.757. The second-order valence-electron chi connectivity index (χ2n) is 2.53. The van der Waals surface area contributed by atoms with Crippen molar-refractivity contribution in [1.82, 2.24) is 10.2 Å². The molecule has 68 valence electrons. The van der Waals surface area contributed by atoms with Gasteiger partial charge in [0.1, 0.15) is 0 Å². The van der Waals surface area contributed by atoms with Gasteiger partial charge in [-0.05, 0) is 0 Å². The summed E-state index contributed by atoms with van der Waals surface area (Å²) in [6.45, 7) is 0. The molecule has 13 heavy (non-hydrogen) atoms. The minimum absolute atomic E-state index is 0. The number of hydrogen-bond donors (Lipinski definition) is 1. The van der Waals surface area contributed by atoms with Crippen molar-refractivity contribution < 1.29 is 0 Å². The number of anilines is 1. The van der Waals surface area contributed by atoms with E-state index in [9.17, 15) is 0 Å². The van der Waals surface area contributed by atoms with E-state index in [-0.39, 0.29) is 12.4 Å². The molecule has 0 fully saturated rings. The Kier molecular flexibility index (Phi) is 3.03. The molecule has 0 aliphatic rings. The minimum Gasteiger partial charge on any atom is -0.371 e. The molecule has 2 aromatic rings. The van der Waals surface area contributed by atoms with Gasteiger partial charge < -0.3 is 5.32 Å². The lowest BCUT2D eigenvalue weighted by Crippen LogP contribution is -1.94. The van der Waals surface area contributed by atoms with Gasteiger partial charge in [0.15, 0.2) is 5.82 Å². The van der Waals surface area contributed by atoms with Crippen LogP contribution in [0, 0.1) is 0 Å². The SMILES string of the molecule is CNc1nncc2ccccc12.Cl. The summed E-state index contributed by atoms with van der Waals surface area (Å²) in [5.74, 6) is 0.827. The summed E-state index contributed by atoms with van der Waals surface area (Å²) in [7, 11) is 1.84. The lowest BCUT2D eigenvalue weighted by Gasteiger charge is -2.01. The van der Waals surface area contributed by atoms with Crippen molar-refractivity contribution in [2.24, 2.45) is 0 Å². The van der Waals surface area contributed by atoms with E-state index in [2.05, 4.69) is 15.5 Å². The predicted octanol–water partition coefficient (Wildman–Crippen LogP) is 2.09. The highest BCUT2D eigenvalue weighted by atomic mass is 35.5. The molecule has 0 spiro atoms. The predicted molar refractivity (Wildman–Crippen MR) is 56.3 cm³/mol. The molecule has 3 nitrogen and oxygen atoms in total. The fraction of sp³-hybridized carbons (Fsp3) is 0.111. The zero-order chi connectivity index (χ0) is 8.39. The minimum atomic E-state index is 0. The van der Waals surface area contributed by atoms with E-state index in [4.69, 9.17) is 0 Å². The van der Waals surface area contributed by atoms with Crippen LogP contribution in [0.25, 0.3) is 10.8 Å². The molecular weight excluding hydrogens is 186 g/mol. The number of nitrogens with zero attached hydrogens (tertiary/aromatic N) is 2. The molecule has 4 heteroatoms. The Balaban J connectivity index is 0.000000845. The van der Waals surface area contributed by atoms with Crippen LogP contribution in [0.2, 0.25) is 0 Å². The van der Waals surface area contributed by atoms with E-state index < -0.39 is 0 Å². The third-order valence-electron chi connectivity index (χ3n) is 1.81. The van der Waals surface area contributed by atoms with Gasteiger partial charge in [0, 0.05) is 17.8 Å². The maximum absolute atomic E-state index is 3.96. The summed E-state index contributed by atoms with van der Waals surface area (Å²) >= 11 is 0. The molecule has 0 aliphatic carbocycles. The first-order valence-corrected chi connectivity index (χ1v) is 3.80. The fourth-order valence-corrected chi connectivity index (χ4v) is 1.21. The molecule has 0 bridgehead atoms. The van der Waals surface area contributed by atoms with Gasteiger partial charge in [0.05, 0.1) is 6.20 Å². The van der Waals surface area contributed by atoms with Gasteiger partial charge >= 0.3 is 0 Å². The van der Waals surface area contributed by atoms with Crippen molar-refractivity contribution in [3.63, 3.8) is 0 Å².